The lowest BCUT2D eigenvalue weighted by molar-refractivity contribution is -0.126. The Morgan fingerprint density at radius 2 is 2.25 bits per heavy atom. The minimum absolute atomic E-state index is 0.0245. The lowest BCUT2D eigenvalue weighted by Gasteiger charge is -2.32. The van der Waals surface area contributed by atoms with E-state index in [9.17, 15) is 4.79 Å². The summed E-state index contributed by atoms with van der Waals surface area (Å²) in [5, 5.41) is 0. The maximum atomic E-state index is 11.9. The largest absolute Gasteiger partial charge is 0.478 e. The van der Waals surface area contributed by atoms with Crippen LogP contribution in [-0.4, -0.2) is 25.6 Å². The maximum absolute atomic E-state index is 11.9. The minimum atomic E-state index is -0.441. The molecule has 0 saturated carbocycles. The van der Waals surface area contributed by atoms with E-state index in [1.54, 1.807) is 11.9 Å². The van der Waals surface area contributed by atoms with E-state index in [0.29, 0.717) is 13.0 Å². The van der Waals surface area contributed by atoms with Crippen LogP contribution in [0.4, 0.5) is 5.69 Å². The summed E-state index contributed by atoms with van der Waals surface area (Å²) >= 11 is 0. The number of benzene rings is 1. The van der Waals surface area contributed by atoms with Gasteiger partial charge in [0.05, 0.1) is 5.69 Å². The fraction of sp³-hybridized carbons (Fsp3) is 0.417. The van der Waals surface area contributed by atoms with Crippen LogP contribution in [0.25, 0.3) is 0 Å². The highest BCUT2D eigenvalue weighted by atomic mass is 16.5. The number of hydrogen-bond donors (Lipinski definition) is 1. The average molecular weight is 220 g/mol. The molecule has 16 heavy (non-hydrogen) atoms. The van der Waals surface area contributed by atoms with E-state index < -0.39 is 6.10 Å². The molecule has 1 unspecified atom stereocenters. The summed E-state index contributed by atoms with van der Waals surface area (Å²) in [6.45, 7) is 2.42. The number of ether oxygens (including phenoxy) is 1. The minimum Gasteiger partial charge on any atom is -0.478 e. The van der Waals surface area contributed by atoms with Gasteiger partial charge in [-0.2, -0.15) is 0 Å². The average Bonchev–Trinajstić information content (AvgIpc) is 2.27. The molecule has 0 fully saturated rings. The molecule has 1 aliphatic rings. The van der Waals surface area contributed by atoms with Crippen molar-refractivity contribution in [1.82, 2.24) is 0 Å². The highest BCUT2D eigenvalue weighted by Gasteiger charge is 2.32. The lowest BCUT2D eigenvalue weighted by Crippen LogP contribution is -2.44. The Morgan fingerprint density at radius 3 is 2.94 bits per heavy atom. The Labute approximate surface area is 95.0 Å². The Bertz CT molecular complexity index is 417. The van der Waals surface area contributed by atoms with Crippen LogP contribution in [-0.2, 0) is 4.79 Å². The summed E-state index contributed by atoms with van der Waals surface area (Å²) in [5.41, 5.74) is 7.35. The molecule has 4 heteroatoms. The van der Waals surface area contributed by atoms with E-state index in [4.69, 9.17) is 10.5 Å². The summed E-state index contributed by atoms with van der Waals surface area (Å²) < 4.78 is 5.71. The fourth-order valence-corrected chi connectivity index (χ4v) is 1.92. The van der Waals surface area contributed by atoms with Gasteiger partial charge in [-0.3, -0.25) is 4.79 Å². The highest BCUT2D eigenvalue weighted by molar-refractivity contribution is 5.99. The number of carbonyl (C=O) groups excluding carboxylic acids is 1. The normalized spacial score (nSPS) is 19.3. The summed E-state index contributed by atoms with van der Waals surface area (Å²) in [7, 11) is 1.77. The highest BCUT2D eigenvalue weighted by Crippen LogP contribution is 2.36. The molecule has 1 atom stereocenters. The van der Waals surface area contributed by atoms with Crippen molar-refractivity contribution < 1.29 is 9.53 Å². The van der Waals surface area contributed by atoms with E-state index in [1.807, 2.05) is 25.1 Å². The molecule has 1 amide bonds. The predicted octanol–water partition coefficient (Wildman–Crippen LogP) is 1.07. The number of aryl methyl sites for hydroxylation is 1. The first kappa shape index (κ1) is 11.0. The molecular weight excluding hydrogens is 204 g/mol. The van der Waals surface area contributed by atoms with Gasteiger partial charge in [-0.15, -0.1) is 0 Å². The number of fused-ring (bicyclic) bond motifs is 1. The van der Waals surface area contributed by atoms with E-state index in [1.165, 1.54) is 0 Å². The fourth-order valence-electron chi connectivity index (χ4n) is 1.92. The van der Waals surface area contributed by atoms with Crippen molar-refractivity contribution in [2.45, 2.75) is 19.4 Å². The predicted molar refractivity (Wildman–Crippen MR) is 62.7 cm³/mol. The first-order chi connectivity index (χ1) is 7.65. The summed E-state index contributed by atoms with van der Waals surface area (Å²) in [5.74, 6) is 0.770. The van der Waals surface area contributed by atoms with Gasteiger partial charge >= 0.3 is 0 Å². The maximum Gasteiger partial charge on any atom is 0.267 e. The van der Waals surface area contributed by atoms with E-state index in [2.05, 4.69) is 0 Å². The molecule has 0 bridgehead atoms. The Morgan fingerprint density at radius 1 is 1.50 bits per heavy atom. The van der Waals surface area contributed by atoms with E-state index >= 15 is 0 Å². The van der Waals surface area contributed by atoms with Gasteiger partial charge in [-0.05, 0) is 25.1 Å². The van der Waals surface area contributed by atoms with E-state index in [-0.39, 0.29) is 5.91 Å². The van der Waals surface area contributed by atoms with Gasteiger partial charge in [-0.25, -0.2) is 0 Å². The van der Waals surface area contributed by atoms with Crippen molar-refractivity contribution in [1.29, 1.82) is 0 Å². The van der Waals surface area contributed by atoms with Gasteiger partial charge in [0.2, 0.25) is 0 Å². The standard InChI is InChI=1S/C12H16N2O2/c1-8-4-3-5-9-11(8)16-10(6-7-13)12(15)14(9)2/h3-5,10H,6-7,13H2,1-2H3. The number of likely N-dealkylation sites (N-methyl/N-ethyl adjacent to an activating group) is 1. The molecule has 0 saturated heterocycles. The lowest BCUT2D eigenvalue weighted by atomic mass is 10.1. The van der Waals surface area contributed by atoms with Crippen LogP contribution >= 0.6 is 0 Å². The molecule has 1 heterocycles. The van der Waals surface area contributed by atoms with Gasteiger partial charge in [-0.1, -0.05) is 12.1 Å². The Kier molecular flexibility index (Phi) is 2.83. The third-order valence-electron chi connectivity index (χ3n) is 2.85. The van der Waals surface area contributed by atoms with Crippen LogP contribution in [0.5, 0.6) is 5.75 Å². The van der Waals surface area contributed by atoms with E-state index in [0.717, 1.165) is 17.0 Å². The molecule has 1 aliphatic heterocycles. The van der Waals surface area contributed by atoms with Crippen molar-refractivity contribution >= 4 is 11.6 Å². The van der Waals surface area contributed by atoms with Crippen LogP contribution in [0, 0.1) is 6.92 Å². The number of para-hydroxylation sites is 1. The number of anilines is 1. The summed E-state index contributed by atoms with van der Waals surface area (Å²) in [6.07, 6.45) is 0.111. The molecule has 0 spiro atoms. The van der Waals surface area contributed by atoms with Crippen LogP contribution in [0.15, 0.2) is 18.2 Å². The van der Waals surface area contributed by atoms with Crippen molar-refractivity contribution in [2.24, 2.45) is 5.73 Å². The monoisotopic (exact) mass is 220 g/mol. The second kappa shape index (κ2) is 4.14. The third kappa shape index (κ3) is 1.65. The molecule has 2 rings (SSSR count). The molecule has 1 aromatic rings. The number of nitrogens with zero attached hydrogens (tertiary/aromatic N) is 1. The number of rotatable bonds is 2. The zero-order chi connectivity index (χ0) is 11.7. The molecule has 0 aromatic heterocycles. The van der Waals surface area contributed by atoms with Crippen LogP contribution in [0.1, 0.15) is 12.0 Å². The molecule has 0 radical (unpaired) electrons. The number of carbonyl (C=O) groups is 1. The van der Waals surface area contributed by atoms with Crippen molar-refractivity contribution in [2.75, 3.05) is 18.5 Å². The number of amides is 1. The Balaban J connectivity index is 2.40. The number of nitrogens with two attached hydrogens (primary N) is 1. The van der Waals surface area contributed by atoms with Crippen molar-refractivity contribution in [3.05, 3.63) is 23.8 Å². The molecule has 0 aliphatic carbocycles. The van der Waals surface area contributed by atoms with Gasteiger partial charge < -0.3 is 15.4 Å². The van der Waals surface area contributed by atoms with Gasteiger partial charge in [0.15, 0.2) is 6.10 Å². The SMILES string of the molecule is Cc1cccc2c1OC(CCN)C(=O)N2C. The van der Waals surface area contributed by atoms with Crippen LogP contribution < -0.4 is 15.4 Å². The smallest absolute Gasteiger partial charge is 0.267 e. The second-order valence-corrected chi connectivity index (χ2v) is 4.00. The first-order valence-electron chi connectivity index (χ1n) is 5.39. The molecule has 86 valence electrons. The molecule has 4 nitrogen and oxygen atoms in total. The topological polar surface area (TPSA) is 55.6 Å². The first-order valence-corrected chi connectivity index (χ1v) is 5.39. The molecular formula is C12H16N2O2. The third-order valence-corrected chi connectivity index (χ3v) is 2.85. The zero-order valence-electron chi connectivity index (χ0n) is 9.56. The number of hydrogen-bond acceptors (Lipinski definition) is 3. The van der Waals surface area contributed by atoms with Crippen molar-refractivity contribution in [3.8, 4) is 5.75 Å². The summed E-state index contributed by atoms with van der Waals surface area (Å²) in [4.78, 5) is 13.6. The van der Waals surface area contributed by atoms with Crippen LogP contribution in [0.2, 0.25) is 0 Å². The van der Waals surface area contributed by atoms with Crippen molar-refractivity contribution in [3.63, 3.8) is 0 Å². The zero-order valence-corrected chi connectivity index (χ0v) is 9.56. The quantitative estimate of drug-likeness (QED) is 0.811. The van der Waals surface area contributed by atoms with Gasteiger partial charge in [0.1, 0.15) is 5.75 Å². The summed E-state index contributed by atoms with van der Waals surface area (Å²) in [6, 6.07) is 5.78. The van der Waals surface area contributed by atoms with Gasteiger partial charge in [0, 0.05) is 13.5 Å². The second-order valence-electron chi connectivity index (χ2n) is 4.00. The molecule has 1 aromatic carbocycles. The van der Waals surface area contributed by atoms with Crippen LogP contribution in [0.3, 0.4) is 0 Å². The Hall–Kier alpha value is -1.55. The molecule has 2 N–H and O–H groups in total. The van der Waals surface area contributed by atoms with Gasteiger partial charge in [0.25, 0.3) is 5.91 Å².